The monoisotopic (exact) mass is 545 g/mol. The van der Waals surface area contributed by atoms with E-state index in [0.29, 0.717) is 18.0 Å². The number of pyridine rings is 1. The molecule has 4 heterocycles. The van der Waals surface area contributed by atoms with Crippen LogP contribution in [0.25, 0.3) is 33.3 Å². The van der Waals surface area contributed by atoms with Gasteiger partial charge in [-0.05, 0) is 85.0 Å². The van der Waals surface area contributed by atoms with Crippen LogP contribution in [0.3, 0.4) is 0 Å². The topological polar surface area (TPSA) is 109 Å². The molecule has 0 unspecified atom stereocenters. The molecule has 2 aromatic carbocycles. The number of furan rings is 1. The number of aromatic nitrogens is 4. The Morgan fingerprint density at radius 2 is 1.93 bits per heavy atom. The zero-order chi connectivity index (χ0) is 27.8. The van der Waals surface area contributed by atoms with Gasteiger partial charge in [0.1, 0.15) is 17.8 Å². The molecule has 6 aromatic rings. The van der Waals surface area contributed by atoms with Crippen LogP contribution < -0.4 is 5.32 Å². The largest absolute Gasteiger partial charge is 0.508 e. The quantitative estimate of drug-likeness (QED) is 0.198. The lowest BCUT2D eigenvalue weighted by Crippen LogP contribution is -2.30. The summed E-state index contributed by atoms with van der Waals surface area (Å²) in [6, 6.07) is 16.9. The van der Waals surface area contributed by atoms with E-state index in [1.807, 2.05) is 48.7 Å². The standard InChI is InChI=1S/C33H31N5O3/c39-26-7-8-28-27(18-26)24(19-35-28)17-29(21-10-13-34-14-11-21)37-33(40)22-6-9-31-30(16-22)36-32(23-12-15-41-20-23)38(31)25-4-2-1-3-5-25/h6-16,18-20,25,29,35,39H,1-5,17H2,(H,37,40)/t29-/m0/s1. The summed E-state index contributed by atoms with van der Waals surface area (Å²) in [7, 11) is 0. The summed E-state index contributed by atoms with van der Waals surface area (Å²) >= 11 is 0. The van der Waals surface area contributed by atoms with Crippen LogP contribution in [-0.4, -0.2) is 30.5 Å². The van der Waals surface area contributed by atoms with Gasteiger partial charge in [-0.25, -0.2) is 4.98 Å². The van der Waals surface area contributed by atoms with Crippen molar-refractivity contribution in [1.29, 1.82) is 0 Å². The molecule has 8 heteroatoms. The Bertz CT molecular complexity index is 1810. The average molecular weight is 546 g/mol. The minimum atomic E-state index is -0.302. The highest BCUT2D eigenvalue weighted by Crippen LogP contribution is 2.36. The van der Waals surface area contributed by atoms with Crippen molar-refractivity contribution in [3.05, 3.63) is 102 Å². The zero-order valence-corrected chi connectivity index (χ0v) is 22.6. The molecular weight excluding hydrogens is 514 g/mol. The van der Waals surface area contributed by atoms with E-state index in [0.717, 1.165) is 57.3 Å². The lowest BCUT2D eigenvalue weighted by atomic mass is 9.95. The third-order valence-corrected chi connectivity index (χ3v) is 8.26. The first-order valence-electron chi connectivity index (χ1n) is 14.2. The van der Waals surface area contributed by atoms with Crippen LogP contribution in [0.4, 0.5) is 0 Å². The van der Waals surface area contributed by atoms with Crippen molar-refractivity contribution in [1.82, 2.24) is 24.8 Å². The number of H-pyrrole nitrogens is 1. The third-order valence-electron chi connectivity index (χ3n) is 8.26. The SMILES string of the molecule is O=C(N[C@@H](Cc1c[nH]c2ccc(O)cc12)c1ccncc1)c1ccc2c(c1)nc(-c1ccoc1)n2C1CCCCC1. The molecule has 8 nitrogen and oxygen atoms in total. The first-order chi connectivity index (χ1) is 20.1. The molecule has 41 heavy (non-hydrogen) atoms. The van der Waals surface area contributed by atoms with Crippen LogP contribution in [0, 0.1) is 0 Å². The number of benzene rings is 2. The number of phenolic OH excluding ortho intramolecular Hbond substituents is 1. The lowest BCUT2D eigenvalue weighted by molar-refractivity contribution is 0.0936. The third kappa shape index (κ3) is 4.86. The maximum absolute atomic E-state index is 13.7. The maximum Gasteiger partial charge on any atom is 0.251 e. The Morgan fingerprint density at radius 1 is 1.07 bits per heavy atom. The zero-order valence-electron chi connectivity index (χ0n) is 22.6. The molecule has 1 saturated carbocycles. The van der Waals surface area contributed by atoms with Crippen LogP contribution in [0.1, 0.15) is 65.7 Å². The number of hydrogen-bond acceptors (Lipinski definition) is 5. The van der Waals surface area contributed by atoms with E-state index in [-0.39, 0.29) is 17.7 Å². The molecule has 7 rings (SSSR count). The van der Waals surface area contributed by atoms with Gasteiger partial charge in [-0.1, -0.05) is 19.3 Å². The minimum Gasteiger partial charge on any atom is -0.508 e. The number of rotatable bonds is 7. The van der Waals surface area contributed by atoms with E-state index >= 15 is 0 Å². The predicted molar refractivity (Wildman–Crippen MR) is 158 cm³/mol. The molecular formula is C33H31N5O3. The molecule has 1 amide bonds. The van der Waals surface area contributed by atoms with Crippen molar-refractivity contribution in [3.8, 4) is 17.1 Å². The molecule has 1 atom stereocenters. The van der Waals surface area contributed by atoms with Gasteiger partial charge in [0.15, 0.2) is 0 Å². The smallest absolute Gasteiger partial charge is 0.251 e. The summed E-state index contributed by atoms with van der Waals surface area (Å²) in [5, 5.41) is 14.2. The van der Waals surface area contributed by atoms with Crippen LogP contribution in [0.2, 0.25) is 0 Å². The second kappa shape index (κ2) is 10.6. The Hall–Kier alpha value is -4.85. The van der Waals surface area contributed by atoms with E-state index < -0.39 is 0 Å². The van der Waals surface area contributed by atoms with Crippen molar-refractivity contribution in [2.45, 2.75) is 50.6 Å². The van der Waals surface area contributed by atoms with Gasteiger partial charge in [-0.3, -0.25) is 9.78 Å². The summed E-state index contributed by atoms with van der Waals surface area (Å²) in [5.41, 5.74) is 6.23. The number of carbonyl (C=O) groups excluding carboxylic acids is 1. The molecule has 0 aliphatic heterocycles. The van der Waals surface area contributed by atoms with E-state index in [4.69, 9.17) is 9.40 Å². The van der Waals surface area contributed by atoms with Crippen LogP contribution in [0.15, 0.2) is 90.1 Å². The van der Waals surface area contributed by atoms with Gasteiger partial charge in [0.25, 0.3) is 5.91 Å². The second-order valence-electron chi connectivity index (χ2n) is 10.9. The van der Waals surface area contributed by atoms with E-state index in [1.165, 1.54) is 19.3 Å². The van der Waals surface area contributed by atoms with Crippen molar-refractivity contribution < 1.29 is 14.3 Å². The molecule has 4 aromatic heterocycles. The first kappa shape index (κ1) is 25.1. The number of aromatic amines is 1. The molecule has 1 aliphatic carbocycles. The fourth-order valence-electron chi connectivity index (χ4n) is 6.19. The Kier molecular flexibility index (Phi) is 6.51. The summed E-state index contributed by atoms with van der Waals surface area (Å²) in [6.07, 6.45) is 15.3. The molecule has 206 valence electrons. The molecule has 0 saturated heterocycles. The number of fused-ring (bicyclic) bond motifs is 2. The van der Waals surface area contributed by atoms with Crippen LogP contribution in [0.5, 0.6) is 5.75 Å². The number of nitrogens with one attached hydrogen (secondary N) is 2. The van der Waals surface area contributed by atoms with Crippen LogP contribution in [-0.2, 0) is 6.42 Å². The van der Waals surface area contributed by atoms with Gasteiger partial charge in [0.2, 0.25) is 0 Å². The minimum absolute atomic E-state index is 0.173. The lowest BCUT2D eigenvalue weighted by Gasteiger charge is -2.25. The van der Waals surface area contributed by atoms with Gasteiger partial charge >= 0.3 is 0 Å². The molecule has 0 bridgehead atoms. The van der Waals surface area contributed by atoms with E-state index in [2.05, 4.69) is 19.9 Å². The normalized spacial score (nSPS) is 14.9. The fraction of sp³-hybridized carbons (Fsp3) is 0.242. The Morgan fingerprint density at radius 3 is 2.73 bits per heavy atom. The highest BCUT2D eigenvalue weighted by molar-refractivity contribution is 5.98. The summed E-state index contributed by atoms with van der Waals surface area (Å²) in [5.74, 6) is 0.919. The average Bonchev–Trinajstić information content (AvgIpc) is 3.76. The first-order valence-corrected chi connectivity index (χ1v) is 14.2. The number of phenols is 1. The van der Waals surface area contributed by atoms with Gasteiger partial charge in [0.05, 0.1) is 28.9 Å². The molecule has 1 fully saturated rings. The van der Waals surface area contributed by atoms with E-state index in [9.17, 15) is 9.90 Å². The molecule has 0 radical (unpaired) electrons. The van der Waals surface area contributed by atoms with Gasteiger partial charge in [-0.15, -0.1) is 0 Å². The molecule has 1 aliphatic rings. The second-order valence-corrected chi connectivity index (χ2v) is 10.9. The maximum atomic E-state index is 13.7. The van der Waals surface area contributed by atoms with Crippen molar-refractivity contribution in [2.24, 2.45) is 0 Å². The Labute approximate surface area is 237 Å². The summed E-state index contributed by atoms with van der Waals surface area (Å²) in [4.78, 5) is 26.1. The van der Waals surface area contributed by atoms with Crippen molar-refractivity contribution >= 4 is 27.8 Å². The highest BCUT2D eigenvalue weighted by atomic mass is 16.3. The van der Waals surface area contributed by atoms with Gasteiger partial charge in [-0.2, -0.15) is 0 Å². The van der Waals surface area contributed by atoms with Gasteiger partial charge in [0, 0.05) is 41.1 Å². The number of hydrogen-bond donors (Lipinski definition) is 3. The molecule has 3 N–H and O–H groups in total. The van der Waals surface area contributed by atoms with E-state index in [1.54, 1.807) is 37.1 Å². The number of aromatic hydroxyl groups is 1. The Balaban J connectivity index is 1.22. The fourth-order valence-corrected chi connectivity index (χ4v) is 6.19. The van der Waals surface area contributed by atoms with Crippen molar-refractivity contribution in [3.63, 3.8) is 0 Å². The van der Waals surface area contributed by atoms with Gasteiger partial charge < -0.3 is 24.4 Å². The molecule has 0 spiro atoms. The summed E-state index contributed by atoms with van der Waals surface area (Å²) in [6.45, 7) is 0. The number of imidazole rings is 1. The number of amides is 1. The van der Waals surface area contributed by atoms with Crippen LogP contribution >= 0.6 is 0 Å². The number of carbonyl (C=O) groups is 1. The summed E-state index contributed by atoms with van der Waals surface area (Å²) < 4.78 is 7.73. The predicted octanol–water partition coefficient (Wildman–Crippen LogP) is 7.10. The highest BCUT2D eigenvalue weighted by Gasteiger charge is 2.24. The number of nitrogens with zero attached hydrogens (tertiary/aromatic N) is 3. The van der Waals surface area contributed by atoms with Crippen molar-refractivity contribution in [2.75, 3.05) is 0 Å².